The molecule has 0 saturated heterocycles. The molecule has 0 unspecified atom stereocenters. The Morgan fingerprint density at radius 2 is 0.893 bits per heavy atom. The van der Waals surface area contributed by atoms with Crippen molar-refractivity contribution in [3.05, 3.63) is 194 Å². The standard InChI is InChI=1S/C51H32N4O/c1-4-16-33(17-5-1)37-24-14-26-41-42-27-15-25-38(48(42)56-47(37)41)36-30-31-43(46(32-36)55-44-28-12-10-22-39(44)40-23-11-13-29-45(40)55)51-53-49(34-18-6-2-7-19-34)52-50(54-51)35-20-8-3-9-21-35/h1-32H/i10D,11D,22D,23D,28D,29D. The number of aromatic nitrogens is 4. The van der Waals surface area contributed by atoms with E-state index in [-0.39, 0.29) is 58.1 Å². The molecule has 0 aliphatic rings. The number of rotatable bonds is 6. The predicted octanol–water partition coefficient (Wildman–Crippen LogP) is 13.2. The minimum atomic E-state index is -0.199. The third-order valence-electron chi connectivity index (χ3n) is 10.2. The largest absolute Gasteiger partial charge is 0.455 e. The van der Waals surface area contributed by atoms with Gasteiger partial charge in [-0.05, 0) is 35.3 Å². The lowest BCUT2D eigenvalue weighted by Crippen LogP contribution is -2.04. The van der Waals surface area contributed by atoms with E-state index in [4.69, 9.17) is 24.9 Å². The highest BCUT2D eigenvalue weighted by Crippen LogP contribution is 2.42. The van der Waals surface area contributed by atoms with Gasteiger partial charge in [-0.3, -0.25) is 0 Å². The van der Waals surface area contributed by atoms with Crippen LogP contribution in [0.5, 0.6) is 0 Å². The maximum atomic E-state index is 9.32. The van der Waals surface area contributed by atoms with E-state index in [1.165, 1.54) is 12.1 Å². The van der Waals surface area contributed by atoms with Gasteiger partial charge in [0.2, 0.25) is 0 Å². The Morgan fingerprint density at radius 3 is 1.45 bits per heavy atom. The van der Waals surface area contributed by atoms with Crippen molar-refractivity contribution in [1.82, 2.24) is 19.5 Å². The van der Waals surface area contributed by atoms with Crippen LogP contribution in [-0.2, 0) is 0 Å². The van der Waals surface area contributed by atoms with Gasteiger partial charge in [-0.2, -0.15) is 0 Å². The molecular formula is C51H32N4O. The molecule has 0 aliphatic carbocycles. The Kier molecular flexibility index (Phi) is 6.10. The lowest BCUT2D eigenvalue weighted by Gasteiger charge is -2.16. The zero-order valence-corrected chi connectivity index (χ0v) is 29.7. The van der Waals surface area contributed by atoms with Gasteiger partial charge in [-0.15, -0.1) is 0 Å². The SMILES string of the molecule is [2H]c1cc([2H])c2c(c1[2H])c1c([2H])c([2H])cc([2H])c1n2-c1cc(-c2cccc3c2oc2c(-c4ccccc4)cccc23)ccc1-c1nc(-c2ccccc2)nc(-c2ccccc2)n1. The second-order valence-corrected chi connectivity index (χ2v) is 13.5. The van der Waals surface area contributed by atoms with Crippen molar-refractivity contribution < 1.29 is 12.6 Å². The highest BCUT2D eigenvalue weighted by molar-refractivity contribution is 6.13. The molecule has 0 N–H and O–H groups in total. The van der Waals surface area contributed by atoms with Crippen molar-refractivity contribution >= 4 is 43.7 Å². The number of fused-ring (bicyclic) bond motifs is 6. The van der Waals surface area contributed by atoms with Gasteiger partial charge in [0.15, 0.2) is 17.5 Å². The van der Waals surface area contributed by atoms with Crippen molar-refractivity contribution in [2.45, 2.75) is 0 Å². The second kappa shape index (κ2) is 13.0. The highest BCUT2D eigenvalue weighted by atomic mass is 16.3. The number of benzene rings is 8. The first-order valence-corrected chi connectivity index (χ1v) is 18.3. The van der Waals surface area contributed by atoms with Crippen molar-refractivity contribution in [2.24, 2.45) is 0 Å². The van der Waals surface area contributed by atoms with Gasteiger partial charge in [0, 0.05) is 49.4 Å². The molecule has 8 aromatic carbocycles. The Hall–Kier alpha value is -7.63. The van der Waals surface area contributed by atoms with Gasteiger partial charge in [0.25, 0.3) is 0 Å². The Balaban J connectivity index is 1.26. The summed E-state index contributed by atoms with van der Waals surface area (Å²) in [5, 5.41) is 2.20. The van der Waals surface area contributed by atoms with Gasteiger partial charge in [-0.25, -0.2) is 15.0 Å². The van der Waals surface area contributed by atoms with Crippen LogP contribution in [0, 0.1) is 0 Å². The maximum Gasteiger partial charge on any atom is 0.166 e. The van der Waals surface area contributed by atoms with Crippen LogP contribution in [-0.4, -0.2) is 19.5 Å². The van der Waals surface area contributed by atoms with Crippen LogP contribution in [0.15, 0.2) is 198 Å². The fraction of sp³-hybridized carbons (Fsp3) is 0. The minimum absolute atomic E-state index is 0.0719. The first-order chi connectivity index (χ1) is 30.2. The molecule has 0 amide bonds. The Labute approximate surface area is 331 Å². The molecule has 262 valence electrons. The summed E-state index contributed by atoms with van der Waals surface area (Å²) in [6.07, 6.45) is 0. The molecule has 0 atom stereocenters. The molecular weight excluding hydrogens is 685 g/mol. The molecule has 0 spiro atoms. The van der Waals surface area contributed by atoms with Crippen LogP contribution in [0.25, 0.3) is 106 Å². The summed E-state index contributed by atoms with van der Waals surface area (Å²) in [6, 6.07) is 49.1. The minimum Gasteiger partial charge on any atom is -0.455 e. The zero-order valence-electron chi connectivity index (χ0n) is 35.7. The topological polar surface area (TPSA) is 56.7 Å². The van der Waals surface area contributed by atoms with E-state index in [9.17, 15) is 2.74 Å². The second-order valence-electron chi connectivity index (χ2n) is 13.5. The average Bonchev–Trinajstić information content (AvgIpc) is 3.89. The lowest BCUT2D eigenvalue weighted by atomic mass is 9.98. The van der Waals surface area contributed by atoms with E-state index < -0.39 is 0 Å². The molecule has 0 fully saturated rings. The van der Waals surface area contributed by atoms with E-state index >= 15 is 0 Å². The molecule has 5 nitrogen and oxygen atoms in total. The van der Waals surface area contributed by atoms with Crippen LogP contribution < -0.4 is 0 Å². The van der Waals surface area contributed by atoms with E-state index in [1.807, 2.05) is 121 Å². The third kappa shape index (κ3) is 5.21. The lowest BCUT2D eigenvalue weighted by molar-refractivity contribution is 0.671. The van der Waals surface area contributed by atoms with Crippen LogP contribution in [0.3, 0.4) is 0 Å². The van der Waals surface area contributed by atoms with E-state index in [1.54, 1.807) is 4.57 Å². The van der Waals surface area contributed by atoms with Gasteiger partial charge < -0.3 is 8.98 Å². The van der Waals surface area contributed by atoms with Gasteiger partial charge in [0.05, 0.1) is 24.9 Å². The number of hydrogen-bond acceptors (Lipinski definition) is 4. The summed E-state index contributed by atoms with van der Waals surface area (Å²) in [5.74, 6) is 1.19. The number of para-hydroxylation sites is 4. The Morgan fingerprint density at radius 1 is 0.393 bits per heavy atom. The van der Waals surface area contributed by atoms with Crippen LogP contribution in [0.1, 0.15) is 8.22 Å². The van der Waals surface area contributed by atoms with Gasteiger partial charge in [0.1, 0.15) is 11.2 Å². The van der Waals surface area contributed by atoms with Crippen molar-refractivity contribution in [3.8, 4) is 62.1 Å². The smallest absolute Gasteiger partial charge is 0.166 e. The van der Waals surface area contributed by atoms with E-state index in [0.29, 0.717) is 34.3 Å². The molecule has 3 aromatic heterocycles. The van der Waals surface area contributed by atoms with Crippen molar-refractivity contribution in [2.75, 3.05) is 0 Å². The highest BCUT2D eigenvalue weighted by Gasteiger charge is 2.22. The first-order valence-electron chi connectivity index (χ1n) is 21.3. The van der Waals surface area contributed by atoms with Crippen molar-refractivity contribution in [1.29, 1.82) is 0 Å². The van der Waals surface area contributed by atoms with Crippen LogP contribution in [0.2, 0.25) is 0 Å². The quantitative estimate of drug-likeness (QED) is 0.171. The first kappa shape index (κ1) is 26.2. The summed E-state index contributed by atoms with van der Waals surface area (Å²) in [4.78, 5) is 15.1. The van der Waals surface area contributed by atoms with Crippen LogP contribution >= 0.6 is 0 Å². The molecule has 56 heavy (non-hydrogen) atoms. The monoisotopic (exact) mass is 722 g/mol. The molecule has 11 rings (SSSR count). The van der Waals surface area contributed by atoms with E-state index in [0.717, 1.165) is 49.7 Å². The van der Waals surface area contributed by atoms with Crippen LogP contribution in [0.4, 0.5) is 0 Å². The maximum absolute atomic E-state index is 9.32. The third-order valence-corrected chi connectivity index (χ3v) is 10.2. The summed E-state index contributed by atoms with van der Waals surface area (Å²) >= 11 is 0. The average molecular weight is 723 g/mol. The molecule has 0 bridgehead atoms. The summed E-state index contributed by atoms with van der Waals surface area (Å²) < 4.78 is 62.7. The van der Waals surface area contributed by atoms with Gasteiger partial charge in [-0.1, -0.05) is 170 Å². The van der Waals surface area contributed by atoms with Crippen molar-refractivity contribution in [3.63, 3.8) is 0 Å². The predicted molar refractivity (Wildman–Crippen MR) is 229 cm³/mol. The number of nitrogens with zero attached hydrogens (tertiary/aromatic N) is 4. The van der Waals surface area contributed by atoms with Gasteiger partial charge >= 0.3 is 0 Å². The molecule has 11 aromatic rings. The normalized spacial score (nSPS) is 13.1. The molecule has 0 saturated carbocycles. The molecule has 0 aliphatic heterocycles. The Bertz CT molecular complexity index is 3460. The number of hydrogen-bond donors (Lipinski definition) is 0. The number of furan rings is 1. The summed E-state index contributed by atoms with van der Waals surface area (Å²) in [6.45, 7) is 0. The fourth-order valence-electron chi connectivity index (χ4n) is 7.65. The summed E-state index contributed by atoms with van der Waals surface area (Å²) in [7, 11) is 0. The zero-order chi connectivity index (χ0) is 42.2. The van der Waals surface area contributed by atoms with E-state index in [2.05, 4.69) is 24.3 Å². The molecule has 0 radical (unpaired) electrons. The fourth-order valence-corrected chi connectivity index (χ4v) is 7.65. The summed E-state index contributed by atoms with van der Waals surface area (Å²) in [5.41, 5.74) is 7.95. The molecule has 5 heteroatoms. The molecule has 3 heterocycles.